The molecule has 1 aliphatic carbocycles. The van der Waals surface area contributed by atoms with Gasteiger partial charge < -0.3 is 16.0 Å². The third kappa shape index (κ3) is 4.94. The van der Waals surface area contributed by atoms with Crippen LogP contribution in [0.15, 0.2) is 61.1 Å². The summed E-state index contributed by atoms with van der Waals surface area (Å²) in [4.78, 5) is 25.2. The summed E-state index contributed by atoms with van der Waals surface area (Å²) in [6, 6.07) is 13.8. The van der Waals surface area contributed by atoms with E-state index >= 15 is 0 Å². The second kappa shape index (κ2) is 9.67. The van der Waals surface area contributed by atoms with Crippen LogP contribution >= 0.6 is 0 Å². The largest absolute Gasteiger partial charge is 0.346 e. The van der Waals surface area contributed by atoms with E-state index in [2.05, 4.69) is 20.3 Å². The summed E-state index contributed by atoms with van der Waals surface area (Å²) >= 11 is 0. The van der Waals surface area contributed by atoms with Crippen molar-refractivity contribution < 1.29 is 4.79 Å². The molecule has 2 aromatic heterocycles. The Hall–Kier alpha value is -2.99. The SMILES string of the molecule is NCC1CCC(C(=O)N[C@@H](Cc2ccncc2)c2ncc(-c3ccccc3)[nH]2)CC1. The number of imidazole rings is 1. The van der Waals surface area contributed by atoms with Gasteiger partial charge in [-0.3, -0.25) is 9.78 Å². The molecule has 1 aromatic carbocycles. The van der Waals surface area contributed by atoms with Crippen LogP contribution < -0.4 is 11.1 Å². The maximum absolute atomic E-state index is 13.0. The van der Waals surface area contributed by atoms with Crippen molar-refractivity contribution in [3.8, 4) is 11.3 Å². The third-order valence-electron chi connectivity index (χ3n) is 6.07. The fraction of sp³-hybridized carbons (Fsp3) is 0.375. The molecule has 1 fully saturated rings. The Bertz CT molecular complexity index is 932. The molecule has 6 heteroatoms. The van der Waals surface area contributed by atoms with Gasteiger partial charge in [0.1, 0.15) is 5.82 Å². The van der Waals surface area contributed by atoms with Gasteiger partial charge >= 0.3 is 0 Å². The quantitative estimate of drug-likeness (QED) is 0.561. The van der Waals surface area contributed by atoms with Gasteiger partial charge in [-0.15, -0.1) is 0 Å². The van der Waals surface area contributed by atoms with Gasteiger partial charge in [0, 0.05) is 18.3 Å². The number of aromatic nitrogens is 3. The van der Waals surface area contributed by atoms with Gasteiger partial charge in [0.15, 0.2) is 0 Å². The molecular weight excluding hydrogens is 374 g/mol. The molecule has 1 aliphatic rings. The highest BCUT2D eigenvalue weighted by atomic mass is 16.1. The molecule has 0 radical (unpaired) electrons. The molecule has 4 rings (SSSR count). The zero-order chi connectivity index (χ0) is 20.8. The minimum atomic E-state index is -0.218. The molecule has 0 aliphatic heterocycles. The zero-order valence-corrected chi connectivity index (χ0v) is 17.1. The Morgan fingerprint density at radius 2 is 1.83 bits per heavy atom. The summed E-state index contributed by atoms with van der Waals surface area (Å²) in [7, 11) is 0. The molecule has 0 spiro atoms. The van der Waals surface area contributed by atoms with E-state index in [1.54, 1.807) is 12.4 Å². The third-order valence-corrected chi connectivity index (χ3v) is 6.07. The van der Waals surface area contributed by atoms with Gasteiger partial charge in [-0.05, 0) is 67.8 Å². The molecular formula is C24H29N5O. The summed E-state index contributed by atoms with van der Waals surface area (Å²) in [5.74, 6) is 1.49. The lowest BCUT2D eigenvalue weighted by atomic mass is 9.81. The predicted octanol–water partition coefficient (Wildman–Crippen LogP) is 3.64. The average Bonchev–Trinajstić information content (AvgIpc) is 3.30. The Balaban J connectivity index is 1.51. The number of H-pyrrole nitrogens is 1. The van der Waals surface area contributed by atoms with Crippen molar-refractivity contribution in [2.24, 2.45) is 17.6 Å². The molecule has 2 heterocycles. The van der Waals surface area contributed by atoms with E-state index < -0.39 is 0 Å². The van der Waals surface area contributed by atoms with Crippen LogP contribution in [0.3, 0.4) is 0 Å². The molecule has 0 saturated heterocycles. The minimum Gasteiger partial charge on any atom is -0.346 e. The Morgan fingerprint density at radius 1 is 1.10 bits per heavy atom. The normalized spacial score (nSPS) is 19.9. The number of hydrogen-bond acceptors (Lipinski definition) is 4. The lowest BCUT2D eigenvalue weighted by Gasteiger charge is -2.28. The molecule has 0 bridgehead atoms. The van der Waals surface area contributed by atoms with Crippen LogP contribution in [-0.4, -0.2) is 27.4 Å². The Labute approximate surface area is 177 Å². The van der Waals surface area contributed by atoms with Crippen LogP contribution in [-0.2, 0) is 11.2 Å². The van der Waals surface area contributed by atoms with Gasteiger partial charge in [0.2, 0.25) is 5.91 Å². The van der Waals surface area contributed by atoms with Gasteiger partial charge in [-0.1, -0.05) is 30.3 Å². The predicted molar refractivity (Wildman–Crippen MR) is 117 cm³/mol. The molecule has 1 atom stereocenters. The fourth-order valence-electron chi connectivity index (χ4n) is 4.20. The lowest BCUT2D eigenvalue weighted by Crippen LogP contribution is -2.37. The van der Waals surface area contributed by atoms with Crippen LogP contribution in [0, 0.1) is 11.8 Å². The van der Waals surface area contributed by atoms with Crippen molar-refractivity contribution in [1.82, 2.24) is 20.3 Å². The number of pyridine rings is 1. The smallest absolute Gasteiger partial charge is 0.223 e. The van der Waals surface area contributed by atoms with Crippen molar-refractivity contribution in [1.29, 1.82) is 0 Å². The molecule has 4 N–H and O–H groups in total. The second-order valence-electron chi connectivity index (χ2n) is 8.12. The number of rotatable bonds is 7. The van der Waals surface area contributed by atoms with E-state index in [0.717, 1.165) is 48.3 Å². The van der Waals surface area contributed by atoms with Gasteiger partial charge in [-0.2, -0.15) is 0 Å². The number of carbonyl (C=O) groups is 1. The first-order chi connectivity index (χ1) is 14.7. The number of nitrogens with two attached hydrogens (primary N) is 1. The van der Waals surface area contributed by atoms with E-state index in [1.807, 2.05) is 48.7 Å². The Kier molecular flexibility index (Phi) is 6.54. The summed E-state index contributed by atoms with van der Waals surface area (Å²) in [6.45, 7) is 0.716. The first kappa shape index (κ1) is 20.3. The molecule has 3 aromatic rings. The van der Waals surface area contributed by atoms with E-state index in [1.165, 1.54) is 0 Å². The molecule has 1 amide bonds. The van der Waals surface area contributed by atoms with Crippen molar-refractivity contribution in [2.75, 3.05) is 6.54 Å². The number of carbonyl (C=O) groups excluding carboxylic acids is 1. The van der Waals surface area contributed by atoms with Gasteiger partial charge in [0.05, 0.1) is 17.9 Å². The van der Waals surface area contributed by atoms with Gasteiger partial charge in [0.25, 0.3) is 0 Å². The van der Waals surface area contributed by atoms with Crippen LogP contribution in [0.1, 0.15) is 43.1 Å². The number of nitrogens with zero attached hydrogens (tertiary/aromatic N) is 2. The summed E-state index contributed by atoms with van der Waals surface area (Å²) in [5.41, 5.74) is 8.93. The standard InChI is InChI=1S/C24H29N5O/c25-15-18-6-8-20(9-7-18)24(30)29-21(14-17-10-12-26-13-11-17)23-27-16-22(28-23)19-4-2-1-3-5-19/h1-5,10-13,16,18,20-21H,6-9,14-15,25H2,(H,27,28)(H,29,30)/t18?,20?,21-/m0/s1. The number of aromatic amines is 1. The number of benzene rings is 1. The number of amides is 1. The van der Waals surface area contributed by atoms with E-state index in [0.29, 0.717) is 18.9 Å². The average molecular weight is 404 g/mol. The zero-order valence-electron chi connectivity index (χ0n) is 17.1. The molecule has 156 valence electrons. The summed E-state index contributed by atoms with van der Waals surface area (Å²) in [5, 5.41) is 3.26. The van der Waals surface area contributed by atoms with Crippen LogP contribution in [0.25, 0.3) is 11.3 Å². The van der Waals surface area contributed by atoms with Crippen molar-refractivity contribution in [3.05, 3.63) is 72.4 Å². The van der Waals surface area contributed by atoms with Crippen molar-refractivity contribution >= 4 is 5.91 Å². The van der Waals surface area contributed by atoms with E-state index in [-0.39, 0.29) is 17.9 Å². The first-order valence-electron chi connectivity index (χ1n) is 10.7. The first-order valence-corrected chi connectivity index (χ1v) is 10.7. The highest BCUT2D eigenvalue weighted by Crippen LogP contribution is 2.29. The molecule has 1 saturated carbocycles. The van der Waals surface area contributed by atoms with E-state index in [9.17, 15) is 4.79 Å². The van der Waals surface area contributed by atoms with Crippen molar-refractivity contribution in [3.63, 3.8) is 0 Å². The maximum Gasteiger partial charge on any atom is 0.223 e. The van der Waals surface area contributed by atoms with Crippen molar-refractivity contribution in [2.45, 2.75) is 38.1 Å². The lowest BCUT2D eigenvalue weighted by molar-refractivity contribution is -0.127. The molecule has 30 heavy (non-hydrogen) atoms. The van der Waals surface area contributed by atoms with Crippen LogP contribution in [0.5, 0.6) is 0 Å². The summed E-state index contributed by atoms with van der Waals surface area (Å²) in [6.07, 6.45) is 9.92. The summed E-state index contributed by atoms with van der Waals surface area (Å²) < 4.78 is 0. The fourth-order valence-corrected chi connectivity index (χ4v) is 4.20. The number of hydrogen-bond donors (Lipinski definition) is 3. The highest BCUT2D eigenvalue weighted by molar-refractivity contribution is 5.79. The topological polar surface area (TPSA) is 96.7 Å². The molecule has 0 unspecified atom stereocenters. The molecule has 6 nitrogen and oxygen atoms in total. The monoisotopic (exact) mass is 403 g/mol. The van der Waals surface area contributed by atoms with Crippen LogP contribution in [0.4, 0.5) is 0 Å². The van der Waals surface area contributed by atoms with Crippen LogP contribution in [0.2, 0.25) is 0 Å². The van der Waals surface area contributed by atoms with E-state index in [4.69, 9.17) is 5.73 Å². The highest BCUT2D eigenvalue weighted by Gasteiger charge is 2.28. The maximum atomic E-state index is 13.0. The number of nitrogens with one attached hydrogen (secondary N) is 2. The second-order valence-corrected chi connectivity index (χ2v) is 8.12. The van der Waals surface area contributed by atoms with Gasteiger partial charge in [-0.25, -0.2) is 4.98 Å². The Morgan fingerprint density at radius 3 is 2.53 bits per heavy atom. The minimum absolute atomic E-state index is 0.0521.